The first-order chi connectivity index (χ1) is 9.08. The first-order valence-corrected chi connectivity index (χ1v) is 6.48. The Morgan fingerprint density at radius 3 is 2.58 bits per heavy atom. The van der Waals surface area contributed by atoms with Crippen LogP contribution >= 0.6 is 34.8 Å². The summed E-state index contributed by atoms with van der Waals surface area (Å²) in [4.78, 5) is 15.5. The topological polar surface area (TPSA) is 30.0 Å². The van der Waals surface area contributed by atoms with Crippen molar-refractivity contribution in [2.45, 2.75) is 0 Å². The molecule has 2 aromatic rings. The molecule has 0 bridgehead atoms. The predicted molar refractivity (Wildman–Crippen MR) is 79.4 cm³/mol. The quantitative estimate of drug-likeness (QED) is 0.607. The molecule has 0 amide bonds. The average molecular weight is 313 g/mol. The summed E-state index contributed by atoms with van der Waals surface area (Å²) in [6.07, 6.45) is 4.91. The molecular formula is C14H8Cl3NO. The first kappa shape index (κ1) is 14.1. The normalized spacial score (nSPS) is 11.4. The molecule has 0 aliphatic rings. The van der Waals surface area contributed by atoms with Crippen molar-refractivity contribution in [2.24, 2.45) is 0 Å². The first-order valence-electron chi connectivity index (χ1n) is 5.35. The third kappa shape index (κ3) is 3.57. The van der Waals surface area contributed by atoms with Gasteiger partial charge in [0.25, 0.3) is 5.24 Å². The minimum Gasteiger partial charge on any atom is -0.276 e. The van der Waals surface area contributed by atoms with Gasteiger partial charge in [-0.1, -0.05) is 35.3 Å². The molecule has 0 saturated heterocycles. The van der Waals surface area contributed by atoms with Gasteiger partial charge in [-0.05, 0) is 41.4 Å². The molecule has 1 aromatic carbocycles. The zero-order chi connectivity index (χ0) is 13.8. The summed E-state index contributed by atoms with van der Waals surface area (Å²) >= 11 is 17.5. The number of carbonyl (C=O) groups is 1. The number of pyridine rings is 1. The van der Waals surface area contributed by atoms with Crippen LogP contribution in [0.1, 0.15) is 11.1 Å². The van der Waals surface area contributed by atoms with Crippen molar-refractivity contribution in [1.82, 2.24) is 4.98 Å². The Morgan fingerprint density at radius 1 is 1.21 bits per heavy atom. The van der Waals surface area contributed by atoms with Crippen LogP contribution in [0.5, 0.6) is 0 Å². The highest BCUT2D eigenvalue weighted by Crippen LogP contribution is 2.29. The van der Waals surface area contributed by atoms with Crippen LogP contribution < -0.4 is 0 Å². The van der Waals surface area contributed by atoms with Crippen molar-refractivity contribution in [1.29, 1.82) is 0 Å². The zero-order valence-corrected chi connectivity index (χ0v) is 11.9. The van der Waals surface area contributed by atoms with Crippen LogP contribution in [0.3, 0.4) is 0 Å². The van der Waals surface area contributed by atoms with E-state index in [4.69, 9.17) is 34.8 Å². The van der Waals surface area contributed by atoms with Crippen LogP contribution in [0.4, 0.5) is 0 Å². The highest BCUT2D eigenvalue weighted by atomic mass is 35.5. The van der Waals surface area contributed by atoms with Gasteiger partial charge in [0.05, 0.1) is 5.02 Å². The van der Waals surface area contributed by atoms with E-state index in [1.165, 1.54) is 0 Å². The molecule has 0 saturated carbocycles. The van der Waals surface area contributed by atoms with Crippen LogP contribution in [0.15, 0.2) is 42.7 Å². The summed E-state index contributed by atoms with van der Waals surface area (Å²) in [5.74, 6) is 0. The minimum absolute atomic E-state index is 0.302. The molecule has 2 rings (SSSR count). The van der Waals surface area contributed by atoms with Crippen LogP contribution in [0.25, 0.3) is 11.6 Å². The Balaban J connectivity index is 2.52. The molecule has 0 N–H and O–H groups in total. The van der Waals surface area contributed by atoms with Gasteiger partial charge in [-0.2, -0.15) is 0 Å². The molecule has 0 aliphatic carbocycles. The Hall–Kier alpha value is -1.35. The number of hydrogen-bond acceptors (Lipinski definition) is 2. The molecular weight excluding hydrogens is 305 g/mol. The van der Waals surface area contributed by atoms with Crippen molar-refractivity contribution in [3.63, 3.8) is 0 Å². The van der Waals surface area contributed by atoms with E-state index in [2.05, 4.69) is 4.98 Å². The highest BCUT2D eigenvalue weighted by molar-refractivity contribution is 6.75. The van der Waals surface area contributed by atoms with Gasteiger partial charge in [0.15, 0.2) is 0 Å². The van der Waals surface area contributed by atoms with Crippen LogP contribution in [0.2, 0.25) is 10.0 Å². The van der Waals surface area contributed by atoms with Gasteiger partial charge < -0.3 is 0 Å². The minimum atomic E-state index is -0.590. The van der Waals surface area contributed by atoms with Crippen LogP contribution in [0, 0.1) is 0 Å². The number of allylic oxidation sites excluding steroid dienone is 1. The second-order valence-corrected chi connectivity index (χ2v) is 4.93. The van der Waals surface area contributed by atoms with E-state index < -0.39 is 5.24 Å². The van der Waals surface area contributed by atoms with Gasteiger partial charge in [0.2, 0.25) is 0 Å². The summed E-state index contributed by atoms with van der Waals surface area (Å²) in [7, 11) is 0. The molecule has 5 heteroatoms. The largest absolute Gasteiger partial charge is 0.276 e. The number of aromatic nitrogens is 1. The lowest BCUT2D eigenvalue weighted by molar-refractivity contribution is -0.106. The molecule has 19 heavy (non-hydrogen) atoms. The average Bonchev–Trinajstić information content (AvgIpc) is 2.38. The summed E-state index contributed by atoms with van der Waals surface area (Å²) in [5, 5.41) is 0.279. The van der Waals surface area contributed by atoms with Gasteiger partial charge in [-0.25, -0.2) is 0 Å². The smallest absolute Gasteiger partial charge is 0.253 e. The van der Waals surface area contributed by atoms with Crippen molar-refractivity contribution in [2.75, 3.05) is 0 Å². The van der Waals surface area contributed by atoms with Gasteiger partial charge in [-0.15, -0.1) is 0 Å². The zero-order valence-electron chi connectivity index (χ0n) is 9.61. The van der Waals surface area contributed by atoms with Gasteiger partial charge >= 0.3 is 0 Å². The van der Waals surface area contributed by atoms with E-state index in [-0.39, 0.29) is 0 Å². The van der Waals surface area contributed by atoms with Gasteiger partial charge in [0, 0.05) is 28.6 Å². The van der Waals surface area contributed by atoms with Gasteiger partial charge in [0.1, 0.15) is 0 Å². The Bertz CT molecular complexity index is 638. The maximum absolute atomic E-state index is 11.6. The lowest BCUT2D eigenvalue weighted by atomic mass is 10.0. The van der Waals surface area contributed by atoms with E-state index in [9.17, 15) is 4.79 Å². The molecule has 0 spiro atoms. The van der Waals surface area contributed by atoms with Gasteiger partial charge in [-0.3, -0.25) is 9.78 Å². The SMILES string of the molecule is O=C(Cl)C(=Cc1cccnc1)c1ccc(Cl)cc1Cl. The number of hydrogen-bond donors (Lipinski definition) is 0. The molecule has 0 aliphatic heterocycles. The third-order valence-corrected chi connectivity index (χ3v) is 3.18. The van der Waals surface area contributed by atoms with E-state index in [0.29, 0.717) is 21.2 Å². The molecule has 1 heterocycles. The fourth-order valence-corrected chi connectivity index (χ4v) is 2.24. The lowest BCUT2D eigenvalue weighted by Crippen LogP contribution is -1.94. The number of nitrogens with zero attached hydrogens (tertiary/aromatic N) is 1. The number of rotatable bonds is 3. The molecule has 1 aromatic heterocycles. The molecule has 2 nitrogen and oxygen atoms in total. The maximum Gasteiger partial charge on any atom is 0.253 e. The second-order valence-electron chi connectivity index (χ2n) is 3.74. The van der Waals surface area contributed by atoms with E-state index in [1.54, 1.807) is 42.7 Å². The van der Waals surface area contributed by atoms with Crippen LogP contribution in [-0.2, 0) is 4.79 Å². The van der Waals surface area contributed by atoms with Crippen molar-refractivity contribution < 1.29 is 4.79 Å². The lowest BCUT2D eigenvalue weighted by Gasteiger charge is -2.06. The Morgan fingerprint density at radius 2 is 2.00 bits per heavy atom. The van der Waals surface area contributed by atoms with E-state index in [0.717, 1.165) is 5.56 Å². The fourth-order valence-electron chi connectivity index (χ4n) is 1.58. The highest BCUT2D eigenvalue weighted by Gasteiger charge is 2.13. The molecule has 0 radical (unpaired) electrons. The number of carbonyl (C=O) groups excluding carboxylic acids is 1. The second kappa shape index (κ2) is 6.20. The van der Waals surface area contributed by atoms with Crippen molar-refractivity contribution >= 4 is 51.7 Å². The maximum atomic E-state index is 11.6. The van der Waals surface area contributed by atoms with E-state index >= 15 is 0 Å². The molecule has 0 fully saturated rings. The predicted octanol–water partition coefficient (Wildman–Crippen LogP) is 4.69. The molecule has 0 atom stereocenters. The standard InChI is InChI=1S/C14H8Cl3NO/c15-10-3-4-11(13(16)7-10)12(14(17)19)6-9-2-1-5-18-8-9/h1-8H. The molecule has 96 valence electrons. The summed E-state index contributed by atoms with van der Waals surface area (Å²) in [6.45, 7) is 0. The summed E-state index contributed by atoms with van der Waals surface area (Å²) < 4.78 is 0. The number of benzene rings is 1. The summed E-state index contributed by atoms with van der Waals surface area (Å²) in [6, 6.07) is 8.46. The fraction of sp³-hybridized carbons (Fsp3) is 0. The molecule has 0 unspecified atom stereocenters. The Kier molecular flexibility index (Phi) is 4.59. The number of halogens is 3. The van der Waals surface area contributed by atoms with E-state index in [1.807, 2.05) is 6.07 Å². The monoisotopic (exact) mass is 311 g/mol. The Labute approximate surface area is 125 Å². The van der Waals surface area contributed by atoms with Crippen LogP contribution in [-0.4, -0.2) is 10.2 Å². The van der Waals surface area contributed by atoms with Crippen molar-refractivity contribution in [3.8, 4) is 0 Å². The third-order valence-electron chi connectivity index (χ3n) is 2.43. The summed E-state index contributed by atoms with van der Waals surface area (Å²) in [5.41, 5.74) is 1.60. The van der Waals surface area contributed by atoms with Crippen molar-refractivity contribution in [3.05, 3.63) is 63.9 Å².